The first-order valence-corrected chi connectivity index (χ1v) is 7.43. The number of nitrogens with one attached hydrogen (secondary N) is 1. The molecule has 3 nitrogen and oxygen atoms in total. The Morgan fingerprint density at radius 2 is 2.00 bits per heavy atom. The fourth-order valence-corrected chi connectivity index (χ4v) is 3.20. The zero-order valence-electron chi connectivity index (χ0n) is 11.7. The molecule has 0 bridgehead atoms. The summed E-state index contributed by atoms with van der Waals surface area (Å²) in [7, 11) is 0. The fraction of sp³-hybridized carbons (Fsp3) is 0.846. The van der Waals surface area contributed by atoms with Gasteiger partial charge in [-0.05, 0) is 31.0 Å². The minimum Gasteiger partial charge on any atom is -0.304 e. The summed E-state index contributed by atoms with van der Waals surface area (Å²) in [6.45, 7) is 4.63. The van der Waals surface area contributed by atoms with E-state index in [2.05, 4.69) is 10.2 Å². The van der Waals surface area contributed by atoms with Crippen molar-refractivity contribution in [3.63, 3.8) is 0 Å². The average Bonchev–Trinajstić information content (AvgIpc) is 2.69. The summed E-state index contributed by atoms with van der Waals surface area (Å²) in [5.74, 6) is -1.08. The van der Waals surface area contributed by atoms with Gasteiger partial charge in [-0.3, -0.25) is 5.10 Å². The van der Waals surface area contributed by atoms with Gasteiger partial charge >= 0.3 is 6.18 Å². The van der Waals surface area contributed by atoms with E-state index >= 15 is 0 Å². The molecule has 1 aliphatic carbocycles. The first-order valence-electron chi connectivity index (χ1n) is 7.02. The van der Waals surface area contributed by atoms with Gasteiger partial charge in [0.05, 0.1) is 5.92 Å². The first kappa shape index (κ1) is 15.5. The summed E-state index contributed by atoms with van der Waals surface area (Å²) in [4.78, 5) is 0. The smallest absolute Gasteiger partial charge is 0.304 e. The molecule has 7 heteroatoms. The van der Waals surface area contributed by atoms with E-state index in [1.54, 1.807) is 4.57 Å². The molecule has 1 saturated carbocycles. The van der Waals surface area contributed by atoms with Crippen molar-refractivity contribution in [3.8, 4) is 0 Å². The van der Waals surface area contributed by atoms with Gasteiger partial charge < -0.3 is 4.57 Å². The molecule has 1 fully saturated rings. The lowest BCUT2D eigenvalue weighted by Crippen LogP contribution is -2.33. The molecule has 0 aromatic carbocycles. The highest BCUT2D eigenvalue weighted by Crippen LogP contribution is 2.45. The Labute approximate surface area is 121 Å². The summed E-state index contributed by atoms with van der Waals surface area (Å²) in [5, 5.41) is 6.76. The molecular weight excluding hydrogens is 287 g/mol. The standard InChI is InChI=1S/C13H20F3N3S/c1-8(2)7-19-11(17-18-12(19)20)9-5-3-4-6-10(9)13(14,15)16/h8-10H,3-7H2,1-2H3,(H,18,20). The van der Waals surface area contributed by atoms with Crippen LogP contribution in [0.25, 0.3) is 0 Å². The molecule has 0 amide bonds. The second kappa shape index (κ2) is 5.87. The van der Waals surface area contributed by atoms with E-state index in [1.807, 2.05) is 13.8 Å². The lowest BCUT2D eigenvalue weighted by atomic mass is 9.78. The Balaban J connectivity index is 2.36. The van der Waals surface area contributed by atoms with Crippen LogP contribution in [0.15, 0.2) is 0 Å². The molecule has 0 spiro atoms. The van der Waals surface area contributed by atoms with Crippen LogP contribution in [0.5, 0.6) is 0 Å². The minimum absolute atomic E-state index is 0.190. The third-order valence-corrected chi connectivity index (χ3v) is 4.17. The van der Waals surface area contributed by atoms with Gasteiger partial charge in [0.25, 0.3) is 0 Å². The van der Waals surface area contributed by atoms with E-state index in [0.29, 0.717) is 35.9 Å². The van der Waals surface area contributed by atoms with Crippen molar-refractivity contribution in [2.75, 3.05) is 0 Å². The summed E-state index contributed by atoms with van der Waals surface area (Å²) < 4.78 is 41.8. The van der Waals surface area contributed by atoms with Crippen molar-refractivity contribution in [2.24, 2.45) is 11.8 Å². The molecule has 1 aliphatic rings. The van der Waals surface area contributed by atoms with Gasteiger partial charge in [0.15, 0.2) is 4.77 Å². The lowest BCUT2D eigenvalue weighted by Gasteiger charge is -2.32. The van der Waals surface area contributed by atoms with Gasteiger partial charge in [0, 0.05) is 12.5 Å². The molecule has 1 N–H and O–H groups in total. The Bertz CT molecular complexity index is 504. The molecule has 1 aromatic heterocycles. The Morgan fingerprint density at radius 3 is 2.60 bits per heavy atom. The number of aromatic nitrogens is 3. The van der Waals surface area contributed by atoms with E-state index < -0.39 is 18.0 Å². The third-order valence-electron chi connectivity index (χ3n) is 3.85. The zero-order chi connectivity index (χ0) is 14.9. The Morgan fingerprint density at radius 1 is 1.35 bits per heavy atom. The number of hydrogen-bond acceptors (Lipinski definition) is 2. The van der Waals surface area contributed by atoms with Gasteiger partial charge in [-0.25, -0.2) is 0 Å². The van der Waals surface area contributed by atoms with Crippen molar-refractivity contribution in [2.45, 2.75) is 58.2 Å². The molecule has 20 heavy (non-hydrogen) atoms. The largest absolute Gasteiger partial charge is 0.392 e. The second-order valence-corrected chi connectivity index (χ2v) is 6.32. The summed E-state index contributed by atoms with van der Waals surface area (Å²) >= 11 is 5.16. The molecule has 114 valence electrons. The molecule has 2 rings (SSSR count). The van der Waals surface area contributed by atoms with Gasteiger partial charge in [-0.1, -0.05) is 26.7 Å². The highest BCUT2D eigenvalue weighted by atomic mass is 32.1. The summed E-state index contributed by atoms with van der Waals surface area (Å²) in [6.07, 6.45) is -1.99. The highest BCUT2D eigenvalue weighted by Gasteiger charge is 2.47. The van der Waals surface area contributed by atoms with Gasteiger partial charge in [-0.2, -0.15) is 18.3 Å². The molecule has 0 saturated heterocycles. The number of aromatic amines is 1. The molecule has 1 aromatic rings. The number of halogens is 3. The molecule has 2 atom stereocenters. The number of hydrogen-bond donors (Lipinski definition) is 1. The van der Waals surface area contributed by atoms with E-state index in [1.165, 1.54) is 0 Å². The van der Waals surface area contributed by atoms with E-state index in [9.17, 15) is 13.2 Å². The molecule has 2 unspecified atom stereocenters. The normalized spacial score (nSPS) is 24.3. The number of nitrogens with zero attached hydrogens (tertiary/aromatic N) is 2. The monoisotopic (exact) mass is 307 g/mol. The van der Waals surface area contributed by atoms with Crippen molar-refractivity contribution in [3.05, 3.63) is 10.6 Å². The number of H-pyrrole nitrogens is 1. The molecule has 0 radical (unpaired) electrons. The van der Waals surface area contributed by atoms with E-state index in [-0.39, 0.29) is 6.42 Å². The van der Waals surface area contributed by atoms with Crippen LogP contribution in [0.1, 0.15) is 51.3 Å². The first-order chi connectivity index (χ1) is 9.30. The lowest BCUT2D eigenvalue weighted by molar-refractivity contribution is -0.188. The van der Waals surface area contributed by atoms with Gasteiger partial charge in [0.1, 0.15) is 5.82 Å². The maximum atomic E-state index is 13.2. The summed E-state index contributed by atoms with van der Waals surface area (Å²) in [6, 6.07) is 0. The molecule has 0 aliphatic heterocycles. The topological polar surface area (TPSA) is 33.6 Å². The predicted octanol–water partition coefficient (Wildman–Crippen LogP) is 4.43. The summed E-state index contributed by atoms with van der Waals surface area (Å²) in [5.41, 5.74) is 0. The average molecular weight is 307 g/mol. The van der Waals surface area contributed by atoms with Gasteiger partial charge in [-0.15, -0.1) is 0 Å². The molecule has 1 heterocycles. The number of rotatable bonds is 3. The van der Waals surface area contributed by atoms with Crippen LogP contribution in [-0.4, -0.2) is 20.9 Å². The zero-order valence-corrected chi connectivity index (χ0v) is 12.5. The Hall–Kier alpha value is -0.850. The number of alkyl halides is 3. The Kier molecular flexibility index (Phi) is 4.56. The van der Waals surface area contributed by atoms with Crippen LogP contribution in [0, 0.1) is 16.6 Å². The van der Waals surface area contributed by atoms with E-state index in [0.717, 1.165) is 6.42 Å². The van der Waals surface area contributed by atoms with Crippen LogP contribution in [0.2, 0.25) is 0 Å². The maximum Gasteiger partial charge on any atom is 0.392 e. The van der Waals surface area contributed by atoms with E-state index in [4.69, 9.17) is 12.2 Å². The molecular formula is C13H20F3N3S. The van der Waals surface area contributed by atoms with Crippen molar-refractivity contribution in [1.29, 1.82) is 0 Å². The third kappa shape index (κ3) is 3.24. The highest BCUT2D eigenvalue weighted by molar-refractivity contribution is 7.71. The fourth-order valence-electron chi connectivity index (χ4n) is 2.99. The predicted molar refractivity (Wildman–Crippen MR) is 73.0 cm³/mol. The maximum absolute atomic E-state index is 13.2. The van der Waals surface area contributed by atoms with Crippen LogP contribution >= 0.6 is 12.2 Å². The SMILES string of the molecule is CC(C)Cn1c(C2CCCCC2C(F)(F)F)n[nH]c1=S. The quantitative estimate of drug-likeness (QED) is 0.838. The van der Waals surface area contributed by atoms with Crippen molar-refractivity contribution >= 4 is 12.2 Å². The van der Waals surface area contributed by atoms with Crippen LogP contribution in [0.4, 0.5) is 13.2 Å². The van der Waals surface area contributed by atoms with Crippen LogP contribution in [-0.2, 0) is 6.54 Å². The van der Waals surface area contributed by atoms with Crippen LogP contribution < -0.4 is 0 Å². The second-order valence-electron chi connectivity index (χ2n) is 5.93. The minimum atomic E-state index is -4.17. The van der Waals surface area contributed by atoms with Crippen molar-refractivity contribution in [1.82, 2.24) is 14.8 Å². The van der Waals surface area contributed by atoms with Crippen LogP contribution in [0.3, 0.4) is 0 Å². The van der Waals surface area contributed by atoms with Crippen molar-refractivity contribution < 1.29 is 13.2 Å². The van der Waals surface area contributed by atoms with Gasteiger partial charge in [0.2, 0.25) is 0 Å².